The molecule has 0 amide bonds. The fourth-order valence-corrected chi connectivity index (χ4v) is 1.76. The monoisotopic (exact) mass is 221 g/mol. The highest BCUT2D eigenvalue weighted by molar-refractivity contribution is 5.50. The van der Waals surface area contributed by atoms with E-state index in [0.717, 1.165) is 0 Å². The van der Waals surface area contributed by atoms with Gasteiger partial charge in [-0.05, 0) is 23.0 Å². The average molecular weight is 221 g/mol. The molecule has 0 aromatic heterocycles. The van der Waals surface area contributed by atoms with E-state index >= 15 is 0 Å². The molecule has 1 aromatic rings. The van der Waals surface area contributed by atoms with Crippen molar-refractivity contribution in [3.05, 3.63) is 23.3 Å². The van der Waals surface area contributed by atoms with Crippen LogP contribution in [-0.4, -0.2) is 5.11 Å². The third kappa shape index (κ3) is 2.49. The minimum atomic E-state index is -0.231. The van der Waals surface area contributed by atoms with E-state index in [1.807, 2.05) is 41.5 Å². The van der Waals surface area contributed by atoms with Gasteiger partial charge in [0, 0.05) is 11.1 Å². The number of benzene rings is 1. The van der Waals surface area contributed by atoms with E-state index in [1.54, 1.807) is 12.1 Å². The first kappa shape index (κ1) is 12.9. The highest BCUT2D eigenvalue weighted by Crippen LogP contribution is 2.40. The van der Waals surface area contributed by atoms with Gasteiger partial charge in [-0.1, -0.05) is 41.5 Å². The maximum atomic E-state index is 12.0. The first-order valence-electron chi connectivity index (χ1n) is 5.58. The van der Waals surface area contributed by atoms with Crippen molar-refractivity contribution in [1.29, 1.82) is 0 Å². The standard InChI is InChI=1S/C14H21O2/c1-13(2,3)9-7-12(16)10(8-11(9)15)14(4,5)6/h7-8,15H,1-6H3. The highest BCUT2D eigenvalue weighted by Gasteiger charge is 2.25. The van der Waals surface area contributed by atoms with Crippen LogP contribution >= 0.6 is 0 Å². The summed E-state index contributed by atoms with van der Waals surface area (Å²) in [5.41, 5.74) is 0.938. The summed E-state index contributed by atoms with van der Waals surface area (Å²) in [6, 6.07) is 3.18. The second kappa shape index (κ2) is 3.69. The summed E-state index contributed by atoms with van der Waals surface area (Å²) in [5.74, 6) is 0.229. The molecule has 0 unspecified atom stereocenters. The van der Waals surface area contributed by atoms with Crippen LogP contribution in [0.5, 0.6) is 11.5 Å². The average Bonchev–Trinajstić information content (AvgIpc) is 2.04. The molecule has 89 valence electrons. The molecule has 1 radical (unpaired) electrons. The van der Waals surface area contributed by atoms with Crippen LogP contribution in [0.2, 0.25) is 0 Å². The Morgan fingerprint density at radius 2 is 1.31 bits per heavy atom. The molecule has 0 saturated carbocycles. The summed E-state index contributed by atoms with van der Waals surface area (Å²) in [5, 5.41) is 22.0. The molecule has 2 heteroatoms. The van der Waals surface area contributed by atoms with Crippen molar-refractivity contribution >= 4 is 0 Å². The van der Waals surface area contributed by atoms with Crippen molar-refractivity contribution in [2.75, 3.05) is 0 Å². The van der Waals surface area contributed by atoms with Crippen molar-refractivity contribution < 1.29 is 10.2 Å². The van der Waals surface area contributed by atoms with Crippen LogP contribution in [0.4, 0.5) is 0 Å². The van der Waals surface area contributed by atoms with Gasteiger partial charge < -0.3 is 5.11 Å². The van der Waals surface area contributed by atoms with Crippen LogP contribution in [-0.2, 0) is 15.9 Å². The quantitative estimate of drug-likeness (QED) is 0.703. The Hall–Kier alpha value is -1.18. The van der Waals surface area contributed by atoms with Crippen LogP contribution in [0, 0.1) is 0 Å². The fraction of sp³-hybridized carbons (Fsp3) is 0.571. The molecule has 2 nitrogen and oxygen atoms in total. The van der Waals surface area contributed by atoms with Gasteiger partial charge in [-0.25, -0.2) is 0 Å². The van der Waals surface area contributed by atoms with Crippen molar-refractivity contribution in [3.8, 4) is 11.5 Å². The predicted molar refractivity (Wildman–Crippen MR) is 65.6 cm³/mol. The van der Waals surface area contributed by atoms with Crippen LogP contribution in [0.15, 0.2) is 12.1 Å². The fourth-order valence-electron chi connectivity index (χ4n) is 1.76. The zero-order chi connectivity index (χ0) is 12.7. The van der Waals surface area contributed by atoms with E-state index in [1.165, 1.54) is 0 Å². The van der Waals surface area contributed by atoms with E-state index in [9.17, 15) is 10.2 Å². The molecule has 1 aromatic carbocycles. The first-order valence-corrected chi connectivity index (χ1v) is 5.58. The molecule has 1 N–H and O–H groups in total. The lowest BCUT2D eigenvalue weighted by Gasteiger charge is -2.24. The smallest absolute Gasteiger partial charge is 0.182 e. The third-order valence-corrected chi connectivity index (χ3v) is 2.71. The summed E-state index contributed by atoms with van der Waals surface area (Å²) in [7, 11) is 0. The second-order valence-electron chi connectivity index (χ2n) is 6.37. The van der Waals surface area contributed by atoms with Crippen molar-refractivity contribution in [1.82, 2.24) is 0 Å². The lowest BCUT2D eigenvalue weighted by atomic mass is 9.81. The first-order chi connectivity index (χ1) is 7.03. The van der Waals surface area contributed by atoms with E-state index in [-0.39, 0.29) is 22.3 Å². The second-order valence-corrected chi connectivity index (χ2v) is 6.37. The van der Waals surface area contributed by atoms with Gasteiger partial charge in [0.25, 0.3) is 0 Å². The Kier molecular flexibility index (Phi) is 2.97. The molecule has 0 aliphatic carbocycles. The van der Waals surface area contributed by atoms with Crippen LogP contribution < -0.4 is 0 Å². The molecule has 1 rings (SSSR count). The summed E-state index contributed by atoms with van der Waals surface area (Å²) >= 11 is 0. The molecular weight excluding hydrogens is 200 g/mol. The molecule has 16 heavy (non-hydrogen) atoms. The van der Waals surface area contributed by atoms with Gasteiger partial charge in [0.1, 0.15) is 5.75 Å². The molecule has 0 spiro atoms. The molecule has 0 fully saturated rings. The van der Waals surface area contributed by atoms with Gasteiger partial charge >= 0.3 is 0 Å². The van der Waals surface area contributed by atoms with Gasteiger partial charge in [-0.3, -0.25) is 5.11 Å². The number of hydrogen-bond acceptors (Lipinski definition) is 1. The van der Waals surface area contributed by atoms with Crippen molar-refractivity contribution in [3.63, 3.8) is 0 Å². The van der Waals surface area contributed by atoms with Crippen LogP contribution in [0.25, 0.3) is 0 Å². The Bertz CT molecular complexity index is 353. The topological polar surface area (TPSA) is 40.1 Å². The molecule has 0 aliphatic rings. The van der Waals surface area contributed by atoms with Gasteiger partial charge in [-0.2, -0.15) is 0 Å². The largest absolute Gasteiger partial charge is 0.508 e. The highest BCUT2D eigenvalue weighted by atomic mass is 16.3. The zero-order valence-corrected chi connectivity index (χ0v) is 11.0. The Labute approximate surface area is 97.9 Å². The molecule has 0 bridgehead atoms. The van der Waals surface area contributed by atoms with Gasteiger partial charge in [-0.15, -0.1) is 0 Å². The molecule has 0 saturated heterocycles. The maximum absolute atomic E-state index is 12.0. The van der Waals surface area contributed by atoms with Gasteiger partial charge in [0.05, 0.1) is 0 Å². The van der Waals surface area contributed by atoms with E-state index in [0.29, 0.717) is 11.1 Å². The third-order valence-electron chi connectivity index (χ3n) is 2.71. The van der Waals surface area contributed by atoms with E-state index in [2.05, 4.69) is 0 Å². The van der Waals surface area contributed by atoms with Gasteiger partial charge in [0.2, 0.25) is 0 Å². The normalized spacial score (nSPS) is 12.9. The van der Waals surface area contributed by atoms with Crippen LogP contribution in [0.3, 0.4) is 0 Å². The number of hydrogen-bond donors (Lipinski definition) is 1. The Morgan fingerprint density at radius 1 is 0.875 bits per heavy atom. The zero-order valence-electron chi connectivity index (χ0n) is 11.0. The number of aromatic hydroxyl groups is 1. The van der Waals surface area contributed by atoms with Gasteiger partial charge in [0.15, 0.2) is 5.75 Å². The van der Waals surface area contributed by atoms with Crippen molar-refractivity contribution in [2.24, 2.45) is 0 Å². The Balaban J connectivity index is 3.40. The van der Waals surface area contributed by atoms with E-state index in [4.69, 9.17) is 0 Å². The maximum Gasteiger partial charge on any atom is 0.182 e. The molecule has 0 heterocycles. The number of rotatable bonds is 0. The minimum Gasteiger partial charge on any atom is -0.508 e. The summed E-state index contributed by atoms with van der Waals surface area (Å²) in [4.78, 5) is 0. The lowest BCUT2D eigenvalue weighted by Crippen LogP contribution is -2.15. The number of phenolic OH excluding ortho intramolecular Hbond substituents is 1. The molecule has 0 atom stereocenters. The Morgan fingerprint density at radius 3 is 1.69 bits per heavy atom. The summed E-state index contributed by atoms with van der Waals surface area (Å²) in [6.07, 6.45) is 0. The summed E-state index contributed by atoms with van der Waals surface area (Å²) < 4.78 is 0. The SMILES string of the molecule is CC(C)(C)c1cc(O)c(C(C)(C)C)cc1[O]. The molecule has 0 aliphatic heterocycles. The lowest BCUT2D eigenvalue weighted by molar-refractivity contribution is 0.336. The van der Waals surface area contributed by atoms with Crippen molar-refractivity contribution in [2.45, 2.75) is 52.4 Å². The molecular formula is C14H21O2. The van der Waals surface area contributed by atoms with Crippen LogP contribution in [0.1, 0.15) is 52.7 Å². The number of phenols is 1. The predicted octanol–water partition coefficient (Wildman–Crippen LogP) is 4.13. The summed E-state index contributed by atoms with van der Waals surface area (Å²) in [6.45, 7) is 11.9. The minimum absolute atomic E-state index is 0.00947. The van der Waals surface area contributed by atoms with E-state index < -0.39 is 0 Å².